The molecule has 0 radical (unpaired) electrons. The molecule has 2 aromatic heterocycles. The molecule has 0 spiro atoms. The minimum atomic E-state index is -0.350. The normalized spacial score (nSPS) is 15.6. The van der Waals surface area contributed by atoms with Crippen molar-refractivity contribution in [3.8, 4) is 17.1 Å². The van der Waals surface area contributed by atoms with E-state index in [1.807, 2.05) is 12.1 Å². The summed E-state index contributed by atoms with van der Waals surface area (Å²) in [7, 11) is 0. The summed E-state index contributed by atoms with van der Waals surface area (Å²) in [5, 5.41) is 8.78. The lowest BCUT2D eigenvalue weighted by Crippen LogP contribution is -2.32. The first-order valence-corrected chi connectivity index (χ1v) is 12.6. The van der Waals surface area contributed by atoms with E-state index >= 15 is 0 Å². The Morgan fingerprint density at radius 2 is 1.79 bits per heavy atom. The molecule has 6 nitrogen and oxygen atoms in total. The number of carbonyl (C=O) groups is 1. The largest absolute Gasteiger partial charge is 0.325 e. The van der Waals surface area contributed by atoms with Gasteiger partial charge < -0.3 is 4.90 Å². The Morgan fingerprint density at radius 3 is 2.56 bits per heavy atom. The SMILES string of the molecule is O=C(CSc1nnc(-c2ccncc2)n1-c1ccc(F)cc1)N1CCS[C@@H]1c1ccccc1F. The fourth-order valence-corrected chi connectivity index (χ4v) is 5.88. The number of aromatic nitrogens is 4. The topological polar surface area (TPSA) is 63.9 Å². The standard InChI is InChI=1S/C24H19F2N5OS2/c25-17-5-7-18(8-6-17)31-22(16-9-11-27-12-10-16)28-29-24(31)34-15-21(32)30-13-14-33-23(30)19-3-1-2-4-20(19)26/h1-12,23H,13-15H2/t23-/m1/s1. The minimum absolute atomic E-state index is 0.109. The highest BCUT2D eigenvalue weighted by atomic mass is 32.2. The average molecular weight is 496 g/mol. The molecule has 10 heteroatoms. The predicted molar refractivity (Wildman–Crippen MR) is 129 cm³/mol. The van der Waals surface area contributed by atoms with Crippen LogP contribution in [-0.2, 0) is 4.79 Å². The van der Waals surface area contributed by atoms with Crippen molar-refractivity contribution in [2.75, 3.05) is 18.1 Å². The van der Waals surface area contributed by atoms with Crippen molar-refractivity contribution in [2.45, 2.75) is 10.5 Å². The molecule has 0 aliphatic carbocycles. The van der Waals surface area contributed by atoms with E-state index in [4.69, 9.17) is 0 Å². The molecule has 1 amide bonds. The molecular weight excluding hydrogens is 476 g/mol. The molecule has 0 saturated carbocycles. The van der Waals surface area contributed by atoms with Gasteiger partial charge in [0, 0.05) is 41.5 Å². The number of benzene rings is 2. The van der Waals surface area contributed by atoms with Gasteiger partial charge in [0.05, 0.1) is 5.75 Å². The zero-order chi connectivity index (χ0) is 23.5. The fourth-order valence-electron chi connectivity index (χ4n) is 3.74. The Bertz CT molecular complexity index is 1300. The van der Waals surface area contributed by atoms with Crippen molar-refractivity contribution in [3.05, 3.63) is 90.3 Å². The van der Waals surface area contributed by atoms with Gasteiger partial charge in [-0.3, -0.25) is 14.3 Å². The highest BCUT2D eigenvalue weighted by molar-refractivity contribution is 8.00. The third-order valence-electron chi connectivity index (χ3n) is 5.36. The second-order valence-electron chi connectivity index (χ2n) is 7.47. The maximum absolute atomic E-state index is 14.4. The quantitative estimate of drug-likeness (QED) is 0.352. The summed E-state index contributed by atoms with van der Waals surface area (Å²) in [6, 6.07) is 16.2. The molecule has 0 N–H and O–H groups in total. The number of rotatable bonds is 6. The molecule has 5 rings (SSSR count). The van der Waals surface area contributed by atoms with E-state index in [9.17, 15) is 13.6 Å². The molecule has 172 valence electrons. The highest BCUT2D eigenvalue weighted by Gasteiger charge is 2.32. The zero-order valence-corrected chi connectivity index (χ0v) is 19.5. The Kier molecular flexibility index (Phi) is 6.59. The molecular formula is C24H19F2N5OS2. The maximum atomic E-state index is 14.4. The van der Waals surface area contributed by atoms with Gasteiger partial charge in [-0.05, 0) is 42.5 Å². The van der Waals surface area contributed by atoms with Crippen LogP contribution in [0.2, 0.25) is 0 Å². The van der Waals surface area contributed by atoms with Crippen LogP contribution in [0.15, 0.2) is 78.2 Å². The summed E-state index contributed by atoms with van der Waals surface area (Å²) >= 11 is 2.80. The van der Waals surface area contributed by atoms with Crippen LogP contribution < -0.4 is 0 Å². The van der Waals surface area contributed by atoms with Crippen molar-refractivity contribution >= 4 is 29.4 Å². The maximum Gasteiger partial charge on any atom is 0.234 e. The molecule has 1 aliphatic heterocycles. The minimum Gasteiger partial charge on any atom is -0.325 e. The van der Waals surface area contributed by atoms with Crippen LogP contribution in [0.1, 0.15) is 10.9 Å². The first kappa shape index (κ1) is 22.5. The zero-order valence-electron chi connectivity index (χ0n) is 17.8. The van der Waals surface area contributed by atoms with Gasteiger partial charge in [-0.15, -0.1) is 22.0 Å². The van der Waals surface area contributed by atoms with Gasteiger partial charge in [0.15, 0.2) is 11.0 Å². The van der Waals surface area contributed by atoms with Gasteiger partial charge in [-0.2, -0.15) is 0 Å². The van der Waals surface area contributed by atoms with Crippen molar-refractivity contribution in [1.82, 2.24) is 24.6 Å². The number of hydrogen-bond acceptors (Lipinski definition) is 6. The van der Waals surface area contributed by atoms with Crippen LogP contribution in [0, 0.1) is 11.6 Å². The van der Waals surface area contributed by atoms with Crippen LogP contribution in [0.3, 0.4) is 0 Å². The molecule has 0 bridgehead atoms. The Labute approximate surface area is 203 Å². The monoisotopic (exact) mass is 495 g/mol. The smallest absolute Gasteiger partial charge is 0.234 e. The number of thioether (sulfide) groups is 2. The van der Waals surface area contributed by atoms with Crippen LogP contribution in [0.5, 0.6) is 0 Å². The van der Waals surface area contributed by atoms with Crippen molar-refractivity contribution < 1.29 is 13.6 Å². The van der Waals surface area contributed by atoms with Gasteiger partial charge in [0.2, 0.25) is 5.91 Å². The number of amides is 1. The summed E-state index contributed by atoms with van der Waals surface area (Å²) in [5.74, 6) is 0.643. The molecule has 0 unspecified atom stereocenters. The lowest BCUT2D eigenvalue weighted by Gasteiger charge is -2.24. The van der Waals surface area contributed by atoms with Gasteiger partial charge in [0.25, 0.3) is 0 Å². The van der Waals surface area contributed by atoms with E-state index in [2.05, 4.69) is 15.2 Å². The fraction of sp³-hybridized carbons (Fsp3) is 0.167. The molecule has 1 saturated heterocycles. The number of halogens is 2. The van der Waals surface area contributed by atoms with Crippen molar-refractivity contribution in [3.63, 3.8) is 0 Å². The molecule has 1 atom stereocenters. The van der Waals surface area contributed by atoms with E-state index in [1.165, 1.54) is 30.0 Å². The van der Waals surface area contributed by atoms with Gasteiger partial charge in [-0.1, -0.05) is 30.0 Å². The van der Waals surface area contributed by atoms with Crippen LogP contribution >= 0.6 is 23.5 Å². The predicted octanol–water partition coefficient (Wildman–Crippen LogP) is 4.97. The number of pyridine rings is 1. The third-order valence-corrected chi connectivity index (χ3v) is 7.52. The number of hydrogen-bond donors (Lipinski definition) is 0. The lowest BCUT2D eigenvalue weighted by molar-refractivity contribution is -0.128. The summed E-state index contributed by atoms with van der Waals surface area (Å²) in [6.45, 7) is 0.552. The van der Waals surface area contributed by atoms with E-state index < -0.39 is 0 Å². The van der Waals surface area contributed by atoms with E-state index in [-0.39, 0.29) is 28.7 Å². The first-order valence-electron chi connectivity index (χ1n) is 10.5. The lowest BCUT2D eigenvalue weighted by atomic mass is 10.2. The Balaban J connectivity index is 1.40. The van der Waals surface area contributed by atoms with Crippen molar-refractivity contribution in [1.29, 1.82) is 0 Å². The molecule has 4 aromatic rings. The molecule has 1 aliphatic rings. The van der Waals surface area contributed by atoms with Gasteiger partial charge in [-0.25, -0.2) is 8.78 Å². The summed E-state index contributed by atoms with van der Waals surface area (Å²) in [5.41, 5.74) is 1.98. The van der Waals surface area contributed by atoms with E-state index in [0.29, 0.717) is 28.8 Å². The van der Waals surface area contributed by atoms with E-state index in [1.54, 1.807) is 64.0 Å². The van der Waals surface area contributed by atoms with Crippen molar-refractivity contribution in [2.24, 2.45) is 0 Å². The molecule has 3 heterocycles. The highest BCUT2D eigenvalue weighted by Crippen LogP contribution is 2.39. The molecule has 1 fully saturated rings. The van der Waals surface area contributed by atoms with E-state index in [0.717, 1.165) is 11.3 Å². The summed E-state index contributed by atoms with van der Waals surface area (Å²) < 4.78 is 29.7. The second-order valence-corrected chi connectivity index (χ2v) is 9.60. The second kappa shape index (κ2) is 9.94. The van der Waals surface area contributed by atoms with Crippen LogP contribution in [0.4, 0.5) is 8.78 Å². The third kappa shape index (κ3) is 4.55. The summed E-state index contributed by atoms with van der Waals surface area (Å²) in [6.07, 6.45) is 3.31. The van der Waals surface area contributed by atoms with Crippen LogP contribution in [-0.4, -0.2) is 48.6 Å². The first-order chi connectivity index (χ1) is 16.6. The summed E-state index contributed by atoms with van der Waals surface area (Å²) in [4.78, 5) is 18.9. The van der Waals surface area contributed by atoms with Gasteiger partial charge >= 0.3 is 0 Å². The number of nitrogens with zero attached hydrogens (tertiary/aromatic N) is 5. The van der Waals surface area contributed by atoms with Crippen LogP contribution in [0.25, 0.3) is 17.1 Å². The Morgan fingerprint density at radius 1 is 1.03 bits per heavy atom. The average Bonchev–Trinajstić information content (AvgIpc) is 3.52. The molecule has 34 heavy (non-hydrogen) atoms. The molecule has 2 aromatic carbocycles. The van der Waals surface area contributed by atoms with Gasteiger partial charge in [0.1, 0.15) is 17.0 Å². The number of carbonyl (C=O) groups excluding carboxylic acids is 1. The Hall–Kier alpha value is -3.24.